The molecule has 0 spiro atoms. The molecule has 1 fully saturated rings. The number of hydrogen-bond acceptors (Lipinski definition) is 4. The summed E-state index contributed by atoms with van der Waals surface area (Å²) in [6.07, 6.45) is -0.808. The highest BCUT2D eigenvalue weighted by molar-refractivity contribution is 5.89. The van der Waals surface area contributed by atoms with Crippen molar-refractivity contribution in [3.63, 3.8) is 0 Å². The van der Waals surface area contributed by atoms with Crippen LogP contribution >= 0.6 is 0 Å². The number of aliphatic hydroxyl groups is 1. The van der Waals surface area contributed by atoms with Crippen LogP contribution in [0.5, 0.6) is 0 Å². The molecule has 1 N–H and O–H groups in total. The number of nitrogens with zero attached hydrogens (tertiary/aromatic N) is 3. The molecule has 1 aliphatic heterocycles. The third-order valence-electron chi connectivity index (χ3n) is 3.87. The number of anilines is 1. The van der Waals surface area contributed by atoms with E-state index in [0.29, 0.717) is 17.9 Å². The lowest BCUT2D eigenvalue weighted by Gasteiger charge is -2.33. The summed E-state index contributed by atoms with van der Waals surface area (Å²) in [4.78, 5) is 9.99. The zero-order chi connectivity index (χ0) is 14.8. The number of hydrogen-bond donors (Lipinski definition) is 1. The first-order valence-electron chi connectivity index (χ1n) is 7.09. The fourth-order valence-corrected chi connectivity index (χ4v) is 2.82. The van der Waals surface area contributed by atoms with Crippen molar-refractivity contribution in [2.75, 3.05) is 24.6 Å². The molecule has 21 heavy (non-hydrogen) atoms. The van der Waals surface area contributed by atoms with Gasteiger partial charge < -0.3 is 10.0 Å². The van der Waals surface area contributed by atoms with E-state index < -0.39 is 12.2 Å². The van der Waals surface area contributed by atoms with E-state index in [1.807, 2.05) is 17.0 Å². The number of para-hydroxylation sites is 1. The summed E-state index contributed by atoms with van der Waals surface area (Å²) in [7, 11) is 0. The summed E-state index contributed by atoms with van der Waals surface area (Å²) in [5.41, 5.74) is 0.531. The Morgan fingerprint density at radius 1 is 1.29 bits per heavy atom. The molecule has 1 saturated heterocycles. The monoisotopic (exact) mass is 293 g/mol. The molecule has 0 amide bonds. The Morgan fingerprint density at radius 2 is 2.10 bits per heavy atom. The number of halogens is 2. The molecule has 4 nitrogen and oxygen atoms in total. The van der Waals surface area contributed by atoms with Crippen LogP contribution in [0.1, 0.15) is 25.1 Å². The maximum absolute atomic E-state index is 13.0. The van der Waals surface area contributed by atoms with Gasteiger partial charge in [-0.2, -0.15) is 0 Å². The second-order valence-corrected chi connectivity index (χ2v) is 5.36. The van der Waals surface area contributed by atoms with Crippen molar-refractivity contribution in [3.05, 3.63) is 30.1 Å². The molecule has 0 bridgehead atoms. The third kappa shape index (κ3) is 2.81. The average Bonchev–Trinajstić information content (AvgIpc) is 2.53. The topological polar surface area (TPSA) is 49.2 Å². The molecule has 0 aliphatic carbocycles. The summed E-state index contributed by atoms with van der Waals surface area (Å²) < 4.78 is 26.0. The van der Waals surface area contributed by atoms with Crippen molar-refractivity contribution < 1.29 is 13.9 Å². The molecular weight excluding hydrogens is 276 g/mol. The van der Waals surface area contributed by atoms with Gasteiger partial charge in [0.2, 0.25) is 0 Å². The van der Waals surface area contributed by atoms with Gasteiger partial charge in [-0.1, -0.05) is 12.1 Å². The van der Waals surface area contributed by atoms with Crippen molar-refractivity contribution in [2.45, 2.75) is 19.3 Å². The second kappa shape index (κ2) is 5.89. The van der Waals surface area contributed by atoms with Gasteiger partial charge in [0.05, 0.1) is 5.52 Å². The zero-order valence-corrected chi connectivity index (χ0v) is 11.5. The van der Waals surface area contributed by atoms with Crippen LogP contribution in [0.15, 0.2) is 24.3 Å². The summed E-state index contributed by atoms with van der Waals surface area (Å²) in [6, 6.07) is 7.20. The number of fused-ring (bicyclic) bond motifs is 1. The molecule has 1 atom stereocenters. The van der Waals surface area contributed by atoms with E-state index in [2.05, 4.69) is 9.97 Å². The summed E-state index contributed by atoms with van der Waals surface area (Å²) in [5.74, 6) is 0.284. The van der Waals surface area contributed by atoms with E-state index in [9.17, 15) is 13.9 Å². The SMILES string of the molecule is OCC1CCCN(c2nc(C(F)F)nc3ccccc23)C1. The number of benzene rings is 1. The van der Waals surface area contributed by atoms with Crippen LogP contribution in [-0.4, -0.2) is 34.8 Å². The lowest BCUT2D eigenvalue weighted by molar-refractivity contribution is 0.140. The second-order valence-electron chi connectivity index (χ2n) is 5.36. The zero-order valence-electron chi connectivity index (χ0n) is 11.5. The highest BCUT2D eigenvalue weighted by atomic mass is 19.3. The van der Waals surface area contributed by atoms with Crippen LogP contribution in [-0.2, 0) is 0 Å². The summed E-state index contributed by atoms with van der Waals surface area (Å²) in [5, 5.41) is 10.1. The van der Waals surface area contributed by atoms with Gasteiger partial charge in [0.15, 0.2) is 5.82 Å². The third-order valence-corrected chi connectivity index (χ3v) is 3.87. The minimum atomic E-state index is -2.69. The van der Waals surface area contributed by atoms with Gasteiger partial charge in [0.1, 0.15) is 5.82 Å². The highest BCUT2D eigenvalue weighted by Crippen LogP contribution is 2.30. The van der Waals surface area contributed by atoms with Crippen molar-refractivity contribution in [3.8, 4) is 0 Å². The molecule has 1 aromatic heterocycles. The first-order valence-corrected chi connectivity index (χ1v) is 7.09. The maximum Gasteiger partial charge on any atom is 0.297 e. The van der Waals surface area contributed by atoms with Crippen molar-refractivity contribution >= 4 is 16.7 Å². The number of alkyl halides is 2. The molecule has 2 heterocycles. The maximum atomic E-state index is 13.0. The normalized spacial score (nSPS) is 19.4. The van der Waals surface area contributed by atoms with Gasteiger partial charge in [-0.3, -0.25) is 0 Å². The highest BCUT2D eigenvalue weighted by Gasteiger charge is 2.24. The molecule has 0 radical (unpaired) electrons. The smallest absolute Gasteiger partial charge is 0.297 e. The van der Waals surface area contributed by atoms with Crippen LogP contribution in [0.4, 0.5) is 14.6 Å². The molecule has 112 valence electrons. The Hall–Kier alpha value is -1.82. The predicted molar refractivity (Wildman–Crippen MR) is 76.5 cm³/mol. The number of aromatic nitrogens is 2. The Balaban J connectivity index is 2.07. The van der Waals surface area contributed by atoms with Gasteiger partial charge in [-0.25, -0.2) is 18.7 Å². The quantitative estimate of drug-likeness (QED) is 0.945. The average molecular weight is 293 g/mol. The molecule has 0 saturated carbocycles. The van der Waals surface area contributed by atoms with Crippen molar-refractivity contribution in [1.82, 2.24) is 9.97 Å². The van der Waals surface area contributed by atoms with E-state index in [-0.39, 0.29) is 12.5 Å². The largest absolute Gasteiger partial charge is 0.396 e. The van der Waals surface area contributed by atoms with E-state index in [0.717, 1.165) is 24.8 Å². The molecule has 1 aliphatic rings. The first kappa shape index (κ1) is 14.1. The number of piperidine rings is 1. The van der Waals surface area contributed by atoms with Gasteiger partial charge in [-0.15, -0.1) is 0 Å². The van der Waals surface area contributed by atoms with Gasteiger partial charge in [-0.05, 0) is 30.9 Å². The standard InChI is InChI=1S/C15H17F2N3O/c16-13(17)14-18-12-6-2-1-5-11(12)15(19-14)20-7-3-4-10(8-20)9-21/h1-2,5-6,10,13,21H,3-4,7-9H2. The van der Waals surface area contributed by atoms with Crippen molar-refractivity contribution in [1.29, 1.82) is 0 Å². The van der Waals surface area contributed by atoms with E-state index in [1.165, 1.54) is 0 Å². The van der Waals surface area contributed by atoms with Gasteiger partial charge in [0, 0.05) is 25.1 Å². The van der Waals surface area contributed by atoms with Crippen molar-refractivity contribution in [2.24, 2.45) is 5.92 Å². The number of aliphatic hydroxyl groups excluding tert-OH is 1. The van der Waals surface area contributed by atoms with Crippen LogP contribution in [0, 0.1) is 5.92 Å². The fraction of sp³-hybridized carbons (Fsp3) is 0.467. The molecular formula is C15H17F2N3O. The number of rotatable bonds is 3. The Bertz CT molecular complexity index is 635. The van der Waals surface area contributed by atoms with Crippen LogP contribution in [0.3, 0.4) is 0 Å². The lowest BCUT2D eigenvalue weighted by atomic mass is 9.99. The van der Waals surface area contributed by atoms with Gasteiger partial charge >= 0.3 is 0 Å². The Morgan fingerprint density at radius 3 is 2.86 bits per heavy atom. The first-order chi connectivity index (χ1) is 10.2. The van der Waals surface area contributed by atoms with Crippen LogP contribution in [0.2, 0.25) is 0 Å². The molecule has 1 unspecified atom stereocenters. The summed E-state index contributed by atoms with van der Waals surface area (Å²) >= 11 is 0. The van der Waals surface area contributed by atoms with Crippen LogP contribution in [0.25, 0.3) is 10.9 Å². The Kier molecular flexibility index (Phi) is 3.96. The lowest BCUT2D eigenvalue weighted by Crippen LogP contribution is -2.37. The van der Waals surface area contributed by atoms with Gasteiger partial charge in [0.25, 0.3) is 6.43 Å². The summed E-state index contributed by atoms with van der Waals surface area (Å²) in [6.45, 7) is 1.52. The molecule has 6 heteroatoms. The minimum absolute atomic E-state index is 0.112. The van der Waals surface area contributed by atoms with Crippen LogP contribution < -0.4 is 4.90 Å². The van der Waals surface area contributed by atoms with E-state index in [1.54, 1.807) is 12.1 Å². The van der Waals surface area contributed by atoms with E-state index in [4.69, 9.17) is 0 Å². The predicted octanol–water partition coefficient (Wildman–Crippen LogP) is 2.78. The molecule has 1 aromatic carbocycles. The molecule has 2 aromatic rings. The fourth-order valence-electron chi connectivity index (χ4n) is 2.82. The Labute approximate surface area is 121 Å². The molecule has 3 rings (SSSR count). The minimum Gasteiger partial charge on any atom is -0.396 e. The van der Waals surface area contributed by atoms with E-state index >= 15 is 0 Å².